The first-order chi connectivity index (χ1) is 6.97. The number of alkyl halides is 1. The topological polar surface area (TPSA) is 92.5 Å². The van der Waals surface area contributed by atoms with Gasteiger partial charge in [0, 0.05) is 0 Å². The highest BCUT2D eigenvalue weighted by Crippen LogP contribution is 2.27. The van der Waals surface area contributed by atoms with Crippen LogP contribution in [0.5, 0.6) is 0 Å². The maximum absolute atomic E-state index is 9.75. The summed E-state index contributed by atoms with van der Waals surface area (Å²) >= 11 is 5.45. The number of hydrogen-bond donors (Lipinski definition) is 4. The number of benzene rings is 1. The molecule has 5 heteroatoms. The standard InChI is InChI=1S/C10H15ClN2O2/c1-5-2-7(12)8(13)3-6(5)10(15)9(14)4-11/h2-3,9-10,14-15H,4,12-13H2,1H3. The molecule has 0 aliphatic heterocycles. The van der Waals surface area contributed by atoms with Crippen molar-refractivity contribution in [3.05, 3.63) is 23.3 Å². The molecule has 15 heavy (non-hydrogen) atoms. The highest BCUT2D eigenvalue weighted by atomic mass is 35.5. The van der Waals surface area contributed by atoms with E-state index in [9.17, 15) is 10.2 Å². The van der Waals surface area contributed by atoms with Gasteiger partial charge in [0.1, 0.15) is 6.10 Å². The van der Waals surface area contributed by atoms with E-state index in [0.717, 1.165) is 5.56 Å². The Morgan fingerprint density at radius 1 is 1.27 bits per heavy atom. The molecule has 0 amide bonds. The largest absolute Gasteiger partial charge is 0.397 e. The average Bonchev–Trinajstić information content (AvgIpc) is 2.21. The summed E-state index contributed by atoms with van der Waals surface area (Å²) in [6, 6.07) is 3.22. The molecule has 0 fully saturated rings. The van der Waals surface area contributed by atoms with Gasteiger partial charge < -0.3 is 21.7 Å². The number of nitrogens with two attached hydrogens (primary N) is 2. The molecule has 0 spiro atoms. The zero-order valence-corrected chi connectivity index (χ0v) is 9.20. The van der Waals surface area contributed by atoms with Gasteiger partial charge in [-0.15, -0.1) is 11.6 Å². The molecular weight excluding hydrogens is 216 g/mol. The molecule has 1 rings (SSSR count). The lowest BCUT2D eigenvalue weighted by Gasteiger charge is -2.19. The number of halogens is 1. The number of nitrogen functional groups attached to an aromatic ring is 2. The van der Waals surface area contributed by atoms with Crippen LogP contribution in [0.1, 0.15) is 17.2 Å². The maximum Gasteiger partial charge on any atom is 0.106 e. The Kier molecular flexibility index (Phi) is 3.79. The molecule has 0 aliphatic rings. The van der Waals surface area contributed by atoms with Gasteiger partial charge in [-0.25, -0.2) is 0 Å². The van der Waals surface area contributed by atoms with Crippen LogP contribution in [0.3, 0.4) is 0 Å². The zero-order chi connectivity index (χ0) is 11.6. The second-order valence-corrected chi connectivity index (χ2v) is 3.81. The minimum Gasteiger partial charge on any atom is -0.397 e. The third-order valence-corrected chi connectivity index (χ3v) is 2.63. The Labute approximate surface area is 93.5 Å². The first kappa shape index (κ1) is 12.1. The monoisotopic (exact) mass is 230 g/mol. The van der Waals surface area contributed by atoms with E-state index in [1.807, 2.05) is 0 Å². The van der Waals surface area contributed by atoms with E-state index in [1.54, 1.807) is 19.1 Å². The van der Waals surface area contributed by atoms with Crippen molar-refractivity contribution in [1.29, 1.82) is 0 Å². The lowest BCUT2D eigenvalue weighted by molar-refractivity contribution is 0.0324. The first-order valence-electron chi connectivity index (χ1n) is 4.55. The molecule has 0 saturated carbocycles. The van der Waals surface area contributed by atoms with Crippen LogP contribution in [-0.4, -0.2) is 22.2 Å². The molecule has 4 nitrogen and oxygen atoms in total. The van der Waals surface area contributed by atoms with Crippen LogP contribution in [-0.2, 0) is 0 Å². The third kappa shape index (κ3) is 2.53. The highest BCUT2D eigenvalue weighted by molar-refractivity contribution is 6.18. The Bertz CT molecular complexity index is 358. The highest BCUT2D eigenvalue weighted by Gasteiger charge is 2.19. The molecule has 2 unspecified atom stereocenters. The normalized spacial score (nSPS) is 14.9. The Morgan fingerprint density at radius 3 is 2.33 bits per heavy atom. The van der Waals surface area contributed by atoms with Crippen LogP contribution in [0.2, 0.25) is 0 Å². The first-order valence-corrected chi connectivity index (χ1v) is 5.08. The SMILES string of the molecule is Cc1cc(N)c(N)cc1C(O)C(O)CCl. The van der Waals surface area contributed by atoms with Crippen molar-refractivity contribution in [2.75, 3.05) is 17.3 Å². The summed E-state index contributed by atoms with van der Waals surface area (Å²) in [7, 11) is 0. The summed E-state index contributed by atoms with van der Waals surface area (Å²) in [5.74, 6) is -0.0368. The predicted octanol–water partition coefficient (Wildman–Crippen LogP) is 0.793. The summed E-state index contributed by atoms with van der Waals surface area (Å²) in [5.41, 5.74) is 13.4. The molecule has 2 atom stereocenters. The smallest absolute Gasteiger partial charge is 0.106 e. The van der Waals surface area contributed by atoms with E-state index >= 15 is 0 Å². The molecule has 6 N–H and O–H groups in total. The van der Waals surface area contributed by atoms with Crippen molar-refractivity contribution >= 4 is 23.0 Å². The van der Waals surface area contributed by atoms with E-state index in [1.165, 1.54) is 0 Å². The lowest BCUT2D eigenvalue weighted by Crippen LogP contribution is -2.20. The molecule has 0 radical (unpaired) electrons. The van der Waals surface area contributed by atoms with Gasteiger partial charge >= 0.3 is 0 Å². The lowest BCUT2D eigenvalue weighted by atomic mass is 9.98. The predicted molar refractivity (Wildman–Crippen MR) is 61.7 cm³/mol. The minimum absolute atomic E-state index is 0.0368. The van der Waals surface area contributed by atoms with Crippen LogP contribution < -0.4 is 11.5 Å². The fourth-order valence-corrected chi connectivity index (χ4v) is 1.54. The van der Waals surface area contributed by atoms with Gasteiger partial charge in [0.2, 0.25) is 0 Å². The van der Waals surface area contributed by atoms with Gasteiger partial charge in [-0.1, -0.05) is 0 Å². The van der Waals surface area contributed by atoms with Crippen molar-refractivity contribution < 1.29 is 10.2 Å². The van der Waals surface area contributed by atoms with Gasteiger partial charge in [0.25, 0.3) is 0 Å². The van der Waals surface area contributed by atoms with Crippen LogP contribution >= 0.6 is 11.6 Å². The Hall–Kier alpha value is -0.970. The van der Waals surface area contributed by atoms with Crippen LogP contribution in [0.25, 0.3) is 0 Å². The van der Waals surface area contributed by atoms with Gasteiger partial charge in [0.05, 0.1) is 23.4 Å². The molecule has 0 heterocycles. The Morgan fingerprint density at radius 2 is 1.80 bits per heavy atom. The van der Waals surface area contributed by atoms with Crippen LogP contribution in [0.15, 0.2) is 12.1 Å². The quantitative estimate of drug-likeness (QED) is 0.456. The fraction of sp³-hybridized carbons (Fsp3) is 0.400. The summed E-state index contributed by atoms with van der Waals surface area (Å²) < 4.78 is 0. The maximum atomic E-state index is 9.75. The van der Waals surface area contributed by atoms with Gasteiger partial charge in [-0.05, 0) is 30.2 Å². The summed E-state index contributed by atoms with van der Waals surface area (Å²) in [5, 5.41) is 19.2. The number of anilines is 2. The molecule has 1 aromatic rings. The third-order valence-electron chi connectivity index (χ3n) is 2.31. The molecular formula is C10H15ClN2O2. The average molecular weight is 231 g/mol. The summed E-state index contributed by atoms with van der Waals surface area (Å²) in [4.78, 5) is 0. The van der Waals surface area contributed by atoms with Gasteiger partial charge in [-0.3, -0.25) is 0 Å². The second kappa shape index (κ2) is 4.70. The van der Waals surface area contributed by atoms with E-state index in [4.69, 9.17) is 23.1 Å². The van der Waals surface area contributed by atoms with Crippen molar-refractivity contribution in [2.24, 2.45) is 0 Å². The van der Waals surface area contributed by atoms with E-state index in [0.29, 0.717) is 16.9 Å². The molecule has 1 aromatic carbocycles. The van der Waals surface area contributed by atoms with Crippen molar-refractivity contribution in [1.82, 2.24) is 0 Å². The van der Waals surface area contributed by atoms with Crippen molar-refractivity contribution in [3.63, 3.8) is 0 Å². The number of aliphatic hydroxyl groups is 2. The fourth-order valence-electron chi connectivity index (χ4n) is 1.37. The summed E-state index contributed by atoms with van der Waals surface area (Å²) in [6.45, 7) is 1.79. The molecule has 0 aromatic heterocycles. The molecule has 0 saturated heterocycles. The van der Waals surface area contributed by atoms with Gasteiger partial charge in [-0.2, -0.15) is 0 Å². The second-order valence-electron chi connectivity index (χ2n) is 3.50. The van der Waals surface area contributed by atoms with E-state index in [-0.39, 0.29) is 5.88 Å². The van der Waals surface area contributed by atoms with E-state index < -0.39 is 12.2 Å². The zero-order valence-electron chi connectivity index (χ0n) is 8.44. The Balaban J connectivity index is 3.09. The number of rotatable bonds is 3. The van der Waals surface area contributed by atoms with Gasteiger partial charge in [0.15, 0.2) is 0 Å². The molecule has 0 bridgehead atoms. The number of aliphatic hydroxyl groups excluding tert-OH is 2. The van der Waals surface area contributed by atoms with Crippen molar-refractivity contribution in [3.8, 4) is 0 Å². The molecule has 84 valence electrons. The van der Waals surface area contributed by atoms with E-state index in [2.05, 4.69) is 0 Å². The number of aryl methyl sites for hydroxylation is 1. The van der Waals surface area contributed by atoms with Crippen LogP contribution in [0, 0.1) is 6.92 Å². The van der Waals surface area contributed by atoms with Crippen LogP contribution in [0.4, 0.5) is 11.4 Å². The number of hydrogen-bond acceptors (Lipinski definition) is 4. The summed E-state index contributed by atoms with van der Waals surface area (Å²) in [6.07, 6.45) is -2.04. The molecule has 0 aliphatic carbocycles. The van der Waals surface area contributed by atoms with Crippen molar-refractivity contribution in [2.45, 2.75) is 19.1 Å². The minimum atomic E-state index is -1.04.